The molecule has 0 bridgehead atoms. The van der Waals surface area contributed by atoms with Gasteiger partial charge in [-0.25, -0.2) is 18.1 Å². The summed E-state index contributed by atoms with van der Waals surface area (Å²) in [7, 11) is -3.38. The number of nitrogens with one attached hydrogen (secondary N) is 2. The molecule has 108 valence electrons. The van der Waals surface area contributed by atoms with Gasteiger partial charge in [-0.15, -0.1) is 0 Å². The van der Waals surface area contributed by atoms with Crippen molar-refractivity contribution in [1.82, 2.24) is 15.0 Å². The van der Waals surface area contributed by atoms with Gasteiger partial charge in [0.1, 0.15) is 5.76 Å². The molecule has 7 heteroatoms. The molecule has 0 saturated heterocycles. The summed E-state index contributed by atoms with van der Waals surface area (Å²) in [5, 5.41) is 2.74. The number of oxazole rings is 1. The molecule has 1 heterocycles. The molecule has 0 aliphatic heterocycles. The first-order valence-electron chi connectivity index (χ1n) is 6.55. The van der Waals surface area contributed by atoms with E-state index in [0.29, 0.717) is 24.2 Å². The average Bonchev–Trinajstić information content (AvgIpc) is 3.06. The first-order chi connectivity index (χ1) is 8.88. The summed E-state index contributed by atoms with van der Waals surface area (Å²) < 4.78 is 32.2. The van der Waals surface area contributed by atoms with Crippen LogP contribution in [0.5, 0.6) is 0 Å². The second-order valence-electron chi connectivity index (χ2n) is 5.19. The molecule has 0 aromatic carbocycles. The fourth-order valence-electron chi connectivity index (χ4n) is 1.72. The minimum absolute atomic E-state index is 0.392. The van der Waals surface area contributed by atoms with Gasteiger partial charge in [-0.3, -0.25) is 0 Å². The molecule has 6 nitrogen and oxygen atoms in total. The predicted octanol–water partition coefficient (Wildman–Crippen LogP) is 1.10. The van der Waals surface area contributed by atoms with Crippen molar-refractivity contribution in [1.29, 1.82) is 0 Å². The van der Waals surface area contributed by atoms with Crippen LogP contribution in [0.4, 0.5) is 0 Å². The average molecular weight is 287 g/mol. The zero-order chi connectivity index (χ0) is 14.0. The van der Waals surface area contributed by atoms with E-state index in [0.717, 1.165) is 12.8 Å². The van der Waals surface area contributed by atoms with Crippen molar-refractivity contribution in [2.45, 2.75) is 50.9 Å². The van der Waals surface area contributed by atoms with Gasteiger partial charge in [0, 0.05) is 12.6 Å². The lowest BCUT2D eigenvalue weighted by Crippen LogP contribution is -2.40. The predicted molar refractivity (Wildman–Crippen MR) is 72.2 cm³/mol. The van der Waals surface area contributed by atoms with E-state index in [1.54, 1.807) is 27.0 Å². The smallest absolute Gasteiger partial charge is 0.216 e. The van der Waals surface area contributed by atoms with Gasteiger partial charge in [-0.05, 0) is 33.6 Å². The van der Waals surface area contributed by atoms with E-state index in [1.807, 2.05) is 0 Å². The first-order valence-corrected chi connectivity index (χ1v) is 8.10. The van der Waals surface area contributed by atoms with E-state index in [-0.39, 0.29) is 0 Å². The van der Waals surface area contributed by atoms with Crippen LogP contribution in [0.2, 0.25) is 0 Å². The van der Waals surface area contributed by atoms with Gasteiger partial charge < -0.3 is 9.73 Å². The Labute approximate surface area is 114 Å². The van der Waals surface area contributed by atoms with Crippen LogP contribution in [-0.4, -0.2) is 31.2 Å². The molecule has 1 aliphatic carbocycles. The van der Waals surface area contributed by atoms with Crippen molar-refractivity contribution in [3.8, 4) is 0 Å². The first kappa shape index (κ1) is 14.5. The maximum atomic E-state index is 12.1. The van der Waals surface area contributed by atoms with Gasteiger partial charge in [0.05, 0.1) is 17.5 Å². The molecular formula is C12H21N3O3S. The third-order valence-corrected chi connectivity index (χ3v) is 5.06. The van der Waals surface area contributed by atoms with Gasteiger partial charge in [0.2, 0.25) is 15.9 Å². The molecule has 1 saturated carbocycles. The van der Waals surface area contributed by atoms with Crippen LogP contribution in [0.25, 0.3) is 0 Å². The highest BCUT2D eigenvalue weighted by Gasteiger charge is 2.27. The van der Waals surface area contributed by atoms with E-state index in [1.165, 1.54) is 0 Å². The van der Waals surface area contributed by atoms with Crippen molar-refractivity contribution < 1.29 is 12.8 Å². The molecule has 1 aliphatic rings. The van der Waals surface area contributed by atoms with Gasteiger partial charge in [0.15, 0.2) is 0 Å². The summed E-state index contributed by atoms with van der Waals surface area (Å²) >= 11 is 0. The SMILES string of the molecule is Cc1cnc(C(C)NS(=O)(=O)C(C)CNC2CC2)o1. The maximum absolute atomic E-state index is 12.1. The zero-order valence-electron chi connectivity index (χ0n) is 11.5. The van der Waals surface area contributed by atoms with Gasteiger partial charge in [0.25, 0.3) is 0 Å². The number of rotatable bonds is 7. The summed E-state index contributed by atoms with van der Waals surface area (Å²) in [6, 6.07) is 0.0477. The summed E-state index contributed by atoms with van der Waals surface area (Å²) in [5.41, 5.74) is 0. The number of hydrogen-bond acceptors (Lipinski definition) is 5. The lowest BCUT2D eigenvalue weighted by molar-refractivity contribution is 0.426. The Morgan fingerprint density at radius 3 is 2.68 bits per heavy atom. The number of aromatic nitrogens is 1. The molecule has 2 rings (SSSR count). The molecule has 1 aromatic heterocycles. The summed E-state index contributed by atoms with van der Waals surface area (Å²) in [6.45, 7) is 5.67. The molecule has 0 spiro atoms. The highest BCUT2D eigenvalue weighted by atomic mass is 32.2. The Balaban J connectivity index is 1.91. The van der Waals surface area contributed by atoms with Crippen molar-refractivity contribution in [3.05, 3.63) is 17.8 Å². The molecule has 2 unspecified atom stereocenters. The maximum Gasteiger partial charge on any atom is 0.216 e. The number of aryl methyl sites for hydroxylation is 1. The lowest BCUT2D eigenvalue weighted by atomic mass is 10.4. The van der Waals surface area contributed by atoms with Gasteiger partial charge in [-0.1, -0.05) is 0 Å². The van der Waals surface area contributed by atoms with Crippen LogP contribution < -0.4 is 10.0 Å². The van der Waals surface area contributed by atoms with E-state index in [2.05, 4.69) is 15.0 Å². The minimum atomic E-state index is -3.38. The molecular weight excluding hydrogens is 266 g/mol. The summed E-state index contributed by atoms with van der Waals surface area (Å²) in [6.07, 6.45) is 3.87. The van der Waals surface area contributed by atoms with Crippen molar-refractivity contribution in [2.24, 2.45) is 0 Å². The quantitative estimate of drug-likeness (QED) is 0.784. The number of hydrogen-bond donors (Lipinski definition) is 2. The molecule has 0 radical (unpaired) electrons. The van der Waals surface area contributed by atoms with Crippen LogP contribution >= 0.6 is 0 Å². The largest absolute Gasteiger partial charge is 0.444 e. The third kappa shape index (κ3) is 4.02. The Kier molecular flexibility index (Phi) is 4.27. The summed E-state index contributed by atoms with van der Waals surface area (Å²) in [4.78, 5) is 4.03. The molecule has 0 amide bonds. The van der Waals surface area contributed by atoms with Crippen molar-refractivity contribution >= 4 is 10.0 Å². The van der Waals surface area contributed by atoms with Crippen LogP contribution in [0.3, 0.4) is 0 Å². The molecule has 19 heavy (non-hydrogen) atoms. The van der Waals surface area contributed by atoms with E-state index >= 15 is 0 Å². The highest BCUT2D eigenvalue weighted by molar-refractivity contribution is 7.90. The standard InChI is InChI=1S/C12H21N3O3S/c1-8-6-14-12(18-8)10(3)15-19(16,17)9(2)7-13-11-4-5-11/h6,9-11,13,15H,4-5,7H2,1-3H3. The zero-order valence-corrected chi connectivity index (χ0v) is 12.3. The molecule has 2 atom stereocenters. The monoisotopic (exact) mass is 287 g/mol. The third-order valence-electron chi connectivity index (χ3n) is 3.15. The number of nitrogens with zero attached hydrogens (tertiary/aromatic N) is 1. The Morgan fingerprint density at radius 2 is 2.16 bits per heavy atom. The normalized spacial score (nSPS) is 19.3. The fourth-order valence-corrected chi connectivity index (χ4v) is 2.86. The second kappa shape index (κ2) is 5.60. The van der Waals surface area contributed by atoms with E-state index in [9.17, 15) is 8.42 Å². The van der Waals surface area contributed by atoms with Gasteiger partial charge in [-0.2, -0.15) is 0 Å². The van der Waals surface area contributed by atoms with Crippen LogP contribution in [0, 0.1) is 6.92 Å². The molecule has 2 N–H and O–H groups in total. The van der Waals surface area contributed by atoms with Crippen molar-refractivity contribution in [2.75, 3.05) is 6.54 Å². The molecule has 1 fully saturated rings. The van der Waals surface area contributed by atoms with E-state index < -0.39 is 21.3 Å². The second-order valence-corrected chi connectivity index (χ2v) is 7.32. The lowest BCUT2D eigenvalue weighted by Gasteiger charge is -2.17. The number of sulfonamides is 1. The topological polar surface area (TPSA) is 84.2 Å². The van der Waals surface area contributed by atoms with Gasteiger partial charge >= 0.3 is 0 Å². The summed E-state index contributed by atoms with van der Waals surface area (Å²) in [5.74, 6) is 1.06. The van der Waals surface area contributed by atoms with Crippen LogP contribution in [-0.2, 0) is 10.0 Å². The fraction of sp³-hybridized carbons (Fsp3) is 0.750. The van der Waals surface area contributed by atoms with E-state index in [4.69, 9.17) is 4.42 Å². The Morgan fingerprint density at radius 1 is 1.47 bits per heavy atom. The van der Waals surface area contributed by atoms with Crippen LogP contribution in [0.1, 0.15) is 44.4 Å². The van der Waals surface area contributed by atoms with Crippen molar-refractivity contribution in [3.63, 3.8) is 0 Å². The highest BCUT2D eigenvalue weighted by Crippen LogP contribution is 2.19. The molecule has 1 aromatic rings. The van der Waals surface area contributed by atoms with Crippen LogP contribution in [0.15, 0.2) is 10.6 Å². The minimum Gasteiger partial charge on any atom is -0.444 e. The Bertz CT molecular complexity index is 522. The Hall–Kier alpha value is -0.920.